The molecule has 0 aliphatic carbocycles. The first-order valence-electron chi connectivity index (χ1n) is 3.40. The van der Waals surface area contributed by atoms with Gasteiger partial charge in [-0.2, -0.15) is 0 Å². The maximum absolute atomic E-state index is 11.0. The fraction of sp³-hybridized carbons (Fsp3) is 0.833. The highest BCUT2D eigenvalue weighted by Crippen LogP contribution is 1.93. The smallest absolute Gasteiger partial charge is 0.320 e. The van der Waals surface area contributed by atoms with E-state index >= 15 is 0 Å². The van der Waals surface area contributed by atoms with E-state index in [9.17, 15) is 13.2 Å². The summed E-state index contributed by atoms with van der Waals surface area (Å²) in [5.74, 6) is -1.54. The van der Waals surface area contributed by atoms with E-state index in [1.54, 1.807) is 6.92 Å². The fourth-order valence-corrected chi connectivity index (χ4v) is 2.09. The van der Waals surface area contributed by atoms with Crippen molar-refractivity contribution in [3.05, 3.63) is 0 Å². The van der Waals surface area contributed by atoms with E-state index in [0.29, 0.717) is 0 Å². The Bertz CT molecular complexity index is 244. The van der Waals surface area contributed by atoms with Crippen molar-refractivity contribution in [1.82, 2.24) is 0 Å². The van der Waals surface area contributed by atoms with Gasteiger partial charge in [0, 0.05) is 6.04 Å². The first kappa shape index (κ1) is 11.4. The largest absolute Gasteiger partial charge is 0.468 e. The van der Waals surface area contributed by atoms with Crippen LogP contribution < -0.4 is 5.73 Å². The predicted octanol–water partition coefficient (Wildman–Crippen LogP) is -1.08. The molecule has 0 saturated carbocycles. The average molecular weight is 195 g/mol. The summed E-state index contributed by atoms with van der Waals surface area (Å²) >= 11 is 0. The van der Waals surface area contributed by atoms with Crippen molar-refractivity contribution in [3.63, 3.8) is 0 Å². The van der Waals surface area contributed by atoms with Gasteiger partial charge in [-0.3, -0.25) is 4.79 Å². The van der Waals surface area contributed by atoms with E-state index < -0.39 is 27.6 Å². The molecule has 0 aliphatic heterocycles. The summed E-state index contributed by atoms with van der Waals surface area (Å²) < 4.78 is 26.3. The van der Waals surface area contributed by atoms with E-state index in [2.05, 4.69) is 4.74 Å². The van der Waals surface area contributed by atoms with Crippen LogP contribution >= 0.6 is 0 Å². The molecular weight excluding hydrogens is 182 g/mol. The van der Waals surface area contributed by atoms with Gasteiger partial charge in [0.2, 0.25) is 0 Å². The average Bonchev–Trinajstić information content (AvgIpc) is 1.83. The second kappa shape index (κ2) is 4.42. The van der Waals surface area contributed by atoms with Crippen LogP contribution in [0.15, 0.2) is 0 Å². The first-order chi connectivity index (χ1) is 5.37. The van der Waals surface area contributed by atoms with Crippen LogP contribution in [0.5, 0.6) is 0 Å². The number of carbonyl (C=O) groups is 1. The molecule has 2 N–H and O–H groups in total. The lowest BCUT2D eigenvalue weighted by molar-refractivity contribution is -0.137. The maximum atomic E-state index is 11.0. The zero-order chi connectivity index (χ0) is 9.78. The number of hydrogen-bond acceptors (Lipinski definition) is 5. The molecule has 6 heteroatoms. The summed E-state index contributed by atoms with van der Waals surface area (Å²) in [4.78, 5) is 10.6. The Balaban J connectivity index is 4.15. The maximum Gasteiger partial charge on any atom is 0.320 e. The lowest BCUT2D eigenvalue weighted by Gasteiger charge is -2.04. The lowest BCUT2D eigenvalue weighted by atomic mass is 10.4. The molecule has 0 aliphatic rings. The molecule has 0 saturated heterocycles. The summed E-state index contributed by atoms with van der Waals surface area (Å²) in [6, 6.07) is -0.459. The highest BCUT2D eigenvalue weighted by molar-refractivity contribution is 7.92. The Kier molecular flexibility index (Phi) is 4.19. The number of esters is 1. The van der Waals surface area contributed by atoms with Gasteiger partial charge in [-0.15, -0.1) is 0 Å². The van der Waals surface area contributed by atoms with Gasteiger partial charge in [-0.25, -0.2) is 8.42 Å². The second-order valence-electron chi connectivity index (χ2n) is 2.61. The third-order valence-electron chi connectivity index (χ3n) is 1.08. The van der Waals surface area contributed by atoms with Crippen molar-refractivity contribution in [3.8, 4) is 0 Å². The molecule has 0 heterocycles. The van der Waals surface area contributed by atoms with E-state index in [-0.39, 0.29) is 5.75 Å². The molecule has 0 spiro atoms. The molecule has 0 rings (SSSR count). The molecule has 5 nitrogen and oxygen atoms in total. The highest BCUT2D eigenvalue weighted by Gasteiger charge is 2.18. The predicted molar refractivity (Wildman–Crippen MR) is 44.3 cm³/mol. The molecule has 0 aromatic heterocycles. The van der Waals surface area contributed by atoms with Crippen molar-refractivity contribution in [2.45, 2.75) is 13.0 Å². The lowest BCUT2D eigenvalue weighted by Crippen LogP contribution is -2.30. The normalized spacial score (nSPS) is 13.9. The monoisotopic (exact) mass is 195 g/mol. The minimum Gasteiger partial charge on any atom is -0.468 e. The third-order valence-corrected chi connectivity index (χ3v) is 2.79. The number of hydrogen-bond donors (Lipinski definition) is 1. The first-order valence-corrected chi connectivity index (χ1v) is 5.22. The van der Waals surface area contributed by atoms with E-state index in [1.165, 1.54) is 0 Å². The SMILES string of the molecule is COC(=O)CS(=O)(=O)CC(C)N. The summed E-state index contributed by atoms with van der Waals surface area (Å²) in [6.45, 7) is 1.56. The van der Waals surface area contributed by atoms with Gasteiger partial charge >= 0.3 is 5.97 Å². The van der Waals surface area contributed by atoms with Crippen molar-refractivity contribution in [2.75, 3.05) is 18.6 Å². The molecule has 0 bridgehead atoms. The number of carbonyl (C=O) groups excluding carboxylic acids is 1. The van der Waals surface area contributed by atoms with Gasteiger partial charge in [0.05, 0.1) is 12.9 Å². The fourth-order valence-electron chi connectivity index (χ4n) is 0.698. The van der Waals surface area contributed by atoms with E-state index in [0.717, 1.165) is 7.11 Å². The number of rotatable bonds is 4. The van der Waals surface area contributed by atoms with Crippen LogP contribution in [-0.2, 0) is 19.4 Å². The summed E-state index contributed by atoms with van der Waals surface area (Å²) in [7, 11) is -2.25. The molecule has 0 aromatic rings. The minimum atomic E-state index is -3.39. The molecule has 0 amide bonds. The Labute approximate surface area is 71.8 Å². The molecule has 0 fully saturated rings. The van der Waals surface area contributed by atoms with Crippen molar-refractivity contribution >= 4 is 15.8 Å². The van der Waals surface area contributed by atoms with Crippen LogP contribution in [0.3, 0.4) is 0 Å². The zero-order valence-electron chi connectivity index (χ0n) is 7.11. The Morgan fingerprint density at radius 1 is 1.58 bits per heavy atom. The van der Waals surface area contributed by atoms with Crippen LogP contribution in [0.25, 0.3) is 0 Å². The second-order valence-corrected chi connectivity index (χ2v) is 4.72. The van der Waals surface area contributed by atoms with Gasteiger partial charge in [-0.05, 0) is 6.92 Å². The van der Waals surface area contributed by atoms with Crippen LogP contribution in [0.2, 0.25) is 0 Å². The van der Waals surface area contributed by atoms with Gasteiger partial charge < -0.3 is 10.5 Å². The van der Waals surface area contributed by atoms with Crippen LogP contribution in [0.4, 0.5) is 0 Å². The number of nitrogens with two attached hydrogens (primary N) is 1. The summed E-state index contributed by atoms with van der Waals surface area (Å²) in [5.41, 5.74) is 5.26. The molecule has 0 radical (unpaired) electrons. The molecule has 1 unspecified atom stereocenters. The van der Waals surface area contributed by atoms with E-state index in [4.69, 9.17) is 5.73 Å². The topological polar surface area (TPSA) is 86.5 Å². The number of sulfone groups is 1. The quantitative estimate of drug-likeness (QED) is 0.577. The van der Waals surface area contributed by atoms with Crippen LogP contribution in [-0.4, -0.2) is 39.0 Å². The van der Waals surface area contributed by atoms with Crippen LogP contribution in [0.1, 0.15) is 6.92 Å². The molecule has 0 aromatic carbocycles. The highest BCUT2D eigenvalue weighted by atomic mass is 32.2. The van der Waals surface area contributed by atoms with Gasteiger partial charge in [-0.1, -0.05) is 0 Å². The number of ether oxygens (including phenoxy) is 1. The van der Waals surface area contributed by atoms with Gasteiger partial charge in [0.25, 0.3) is 0 Å². The Morgan fingerprint density at radius 3 is 2.42 bits per heavy atom. The summed E-state index contributed by atoms with van der Waals surface area (Å²) in [5, 5.41) is 0. The number of methoxy groups -OCH3 is 1. The zero-order valence-corrected chi connectivity index (χ0v) is 7.93. The molecular formula is C6H13NO4S. The van der Waals surface area contributed by atoms with Crippen molar-refractivity contribution in [1.29, 1.82) is 0 Å². The Hall–Kier alpha value is -0.620. The minimum absolute atomic E-state index is 0.192. The summed E-state index contributed by atoms with van der Waals surface area (Å²) in [6.07, 6.45) is 0. The van der Waals surface area contributed by atoms with Crippen molar-refractivity contribution in [2.24, 2.45) is 5.73 Å². The molecule has 1 atom stereocenters. The van der Waals surface area contributed by atoms with Gasteiger partial charge in [0.1, 0.15) is 5.75 Å². The van der Waals surface area contributed by atoms with Crippen molar-refractivity contribution < 1.29 is 17.9 Å². The standard InChI is InChI=1S/C6H13NO4S/c1-5(7)3-12(9,10)4-6(8)11-2/h5H,3-4,7H2,1-2H3. The molecule has 72 valence electrons. The van der Waals surface area contributed by atoms with Gasteiger partial charge in [0.15, 0.2) is 9.84 Å². The molecule has 12 heavy (non-hydrogen) atoms. The van der Waals surface area contributed by atoms with Crippen LogP contribution in [0, 0.1) is 0 Å². The third kappa shape index (κ3) is 5.09. The Morgan fingerprint density at radius 2 is 2.08 bits per heavy atom. The van der Waals surface area contributed by atoms with E-state index in [1.807, 2.05) is 0 Å².